The van der Waals surface area contributed by atoms with Crippen molar-refractivity contribution in [2.75, 3.05) is 0 Å². The van der Waals surface area contributed by atoms with Gasteiger partial charge < -0.3 is 30.3 Å². The van der Waals surface area contributed by atoms with Crippen LogP contribution in [0.15, 0.2) is 24.3 Å². The zero-order chi connectivity index (χ0) is 24.1. The second kappa shape index (κ2) is 10.7. The van der Waals surface area contributed by atoms with E-state index in [4.69, 9.17) is 4.74 Å². The van der Waals surface area contributed by atoms with E-state index in [0.717, 1.165) is 25.7 Å². The normalized spacial score (nSPS) is 18.4. The molecule has 2 aromatic rings. The highest BCUT2D eigenvalue weighted by molar-refractivity contribution is 5.85. The van der Waals surface area contributed by atoms with E-state index in [0.29, 0.717) is 11.1 Å². The number of Topliss-reactive ketones (excluding diaryl/α,β-unsaturated/α-hetero) is 1. The van der Waals surface area contributed by atoms with Crippen LogP contribution >= 0.6 is 0 Å². The van der Waals surface area contributed by atoms with E-state index < -0.39 is 29.3 Å². The fraction of sp³-hybridized carbons (Fsp3) is 0.500. The fourth-order valence-corrected chi connectivity index (χ4v) is 4.55. The molecule has 0 spiro atoms. The molecule has 0 amide bonds. The van der Waals surface area contributed by atoms with Crippen LogP contribution < -0.4 is 4.74 Å². The molecular weight excluding hydrogens is 424 g/mol. The first kappa shape index (κ1) is 24.6. The molecule has 0 aromatic heterocycles. The minimum Gasteiger partial charge on any atom is -0.508 e. The monoisotopic (exact) mass is 458 g/mol. The number of rotatable bonds is 10. The van der Waals surface area contributed by atoms with Crippen molar-refractivity contribution in [3.63, 3.8) is 0 Å². The van der Waals surface area contributed by atoms with E-state index in [1.807, 2.05) is 6.92 Å². The van der Waals surface area contributed by atoms with Crippen LogP contribution in [-0.2, 0) is 11.2 Å². The average molecular weight is 459 g/mol. The maximum atomic E-state index is 13.5. The molecule has 0 bridgehead atoms. The summed E-state index contributed by atoms with van der Waals surface area (Å²) in [5.74, 6) is -2.72. The highest BCUT2D eigenvalue weighted by atomic mass is 16.5. The van der Waals surface area contributed by atoms with E-state index in [2.05, 4.69) is 6.92 Å². The highest BCUT2D eigenvalue weighted by Crippen LogP contribution is 2.47. The Morgan fingerprint density at radius 2 is 1.58 bits per heavy atom. The topological polar surface area (TPSA) is 127 Å². The van der Waals surface area contributed by atoms with Gasteiger partial charge in [0.15, 0.2) is 17.2 Å². The van der Waals surface area contributed by atoms with E-state index in [9.17, 15) is 30.3 Å². The number of fused-ring (bicyclic) bond motifs is 1. The van der Waals surface area contributed by atoms with Crippen molar-refractivity contribution >= 4 is 5.78 Å². The predicted molar refractivity (Wildman–Crippen MR) is 124 cm³/mol. The number of unbranched alkanes of at least 4 members (excludes halogenated alkanes) is 5. The van der Waals surface area contributed by atoms with Crippen LogP contribution in [0, 0.1) is 11.8 Å². The third kappa shape index (κ3) is 5.64. The van der Waals surface area contributed by atoms with Gasteiger partial charge >= 0.3 is 0 Å². The number of phenols is 5. The van der Waals surface area contributed by atoms with Crippen molar-refractivity contribution in [3.05, 3.63) is 35.4 Å². The number of ketones is 1. The zero-order valence-corrected chi connectivity index (χ0v) is 19.3. The first-order valence-electron chi connectivity index (χ1n) is 11.7. The lowest BCUT2D eigenvalue weighted by Crippen LogP contribution is -2.35. The van der Waals surface area contributed by atoms with Gasteiger partial charge in [0.25, 0.3) is 0 Å². The number of carbonyl (C=O) groups is 1. The predicted octanol–water partition coefficient (Wildman–Crippen LogP) is 5.46. The summed E-state index contributed by atoms with van der Waals surface area (Å²) in [6.45, 7) is 4.07. The summed E-state index contributed by atoms with van der Waals surface area (Å²) in [5, 5.41) is 49.9. The Bertz CT molecular complexity index is 962. The minimum absolute atomic E-state index is 0.0289. The molecule has 33 heavy (non-hydrogen) atoms. The van der Waals surface area contributed by atoms with Gasteiger partial charge in [-0.1, -0.05) is 52.4 Å². The summed E-state index contributed by atoms with van der Waals surface area (Å²) in [6, 6.07) is 5.09. The van der Waals surface area contributed by atoms with Gasteiger partial charge in [-0.2, -0.15) is 0 Å². The lowest BCUT2D eigenvalue weighted by atomic mass is 9.79. The molecule has 7 heteroatoms. The standard InChI is InChI=1S/C26H34O7/c1-3-4-5-6-7-8-9-15(2)24(31)19-14-18-20(28)12-17(27)13-23(18)33-26(19)16-10-21(29)25(32)22(30)11-16/h10-13,15,19,26-30,32H,3-9,14H2,1-2H3/t15-,19+,26-/m1/s1. The van der Waals surface area contributed by atoms with Gasteiger partial charge in [0.05, 0.1) is 5.92 Å². The van der Waals surface area contributed by atoms with Crippen LogP contribution in [0.4, 0.5) is 0 Å². The van der Waals surface area contributed by atoms with Crippen LogP contribution in [0.25, 0.3) is 0 Å². The van der Waals surface area contributed by atoms with Crippen molar-refractivity contribution in [3.8, 4) is 34.5 Å². The third-order valence-corrected chi connectivity index (χ3v) is 6.48. The Hall–Kier alpha value is -3.09. The Balaban J connectivity index is 1.85. The second-order valence-corrected chi connectivity index (χ2v) is 9.06. The molecule has 180 valence electrons. The Morgan fingerprint density at radius 1 is 0.939 bits per heavy atom. The first-order valence-corrected chi connectivity index (χ1v) is 11.7. The van der Waals surface area contributed by atoms with Crippen molar-refractivity contribution in [1.82, 2.24) is 0 Å². The number of ether oxygens (including phenoxy) is 1. The highest BCUT2D eigenvalue weighted by Gasteiger charge is 2.39. The Labute approximate surface area is 194 Å². The number of hydrogen-bond donors (Lipinski definition) is 5. The molecule has 1 aliphatic rings. The van der Waals surface area contributed by atoms with Crippen molar-refractivity contribution < 1.29 is 35.1 Å². The molecular formula is C26H34O7. The lowest BCUT2D eigenvalue weighted by molar-refractivity contribution is -0.130. The van der Waals surface area contributed by atoms with E-state index >= 15 is 0 Å². The van der Waals surface area contributed by atoms with Crippen LogP contribution in [0.2, 0.25) is 0 Å². The van der Waals surface area contributed by atoms with Gasteiger partial charge in [-0.3, -0.25) is 4.79 Å². The third-order valence-electron chi connectivity index (χ3n) is 6.48. The van der Waals surface area contributed by atoms with Crippen molar-refractivity contribution in [1.29, 1.82) is 0 Å². The SMILES string of the molecule is CCCCCCCC[C@@H](C)C(=O)[C@@H]1Cc2c(O)cc(O)cc2O[C@@H]1c1cc(O)c(O)c(O)c1. The minimum atomic E-state index is -0.865. The first-order chi connectivity index (χ1) is 15.7. The Morgan fingerprint density at radius 3 is 2.24 bits per heavy atom. The van der Waals surface area contributed by atoms with Crippen molar-refractivity contribution in [2.45, 2.75) is 71.3 Å². The number of phenolic OH excluding ortho intramolecular Hbond substituents is 5. The van der Waals surface area contributed by atoms with Crippen LogP contribution in [0.1, 0.15) is 76.0 Å². The molecule has 0 radical (unpaired) electrons. The van der Waals surface area contributed by atoms with Crippen molar-refractivity contribution in [2.24, 2.45) is 11.8 Å². The molecule has 3 atom stereocenters. The van der Waals surface area contributed by atoms with Crippen LogP contribution in [-0.4, -0.2) is 31.3 Å². The molecule has 7 nitrogen and oxygen atoms in total. The maximum Gasteiger partial charge on any atom is 0.200 e. The van der Waals surface area contributed by atoms with Gasteiger partial charge in [0.2, 0.25) is 0 Å². The Kier molecular flexibility index (Phi) is 7.95. The molecule has 0 saturated carbocycles. The van der Waals surface area contributed by atoms with Crippen LogP contribution in [0.5, 0.6) is 34.5 Å². The van der Waals surface area contributed by atoms with Gasteiger partial charge in [-0.25, -0.2) is 0 Å². The van der Waals surface area contributed by atoms with Crippen LogP contribution in [0.3, 0.4) is 0 Å². The number of hydrogen-bond acceptors (Lipinski definition) is 7. The molecule has 3 rings (SSSR count). The molecule has 1 aliphatic heterocycles. The number of aromatic hydroxyl groups is 5. The summed E-state index contributed by atoms with van der Waals surface area (Å²) in [7, 11) is 0. The summed E-state index contributed by atoms with van der Waals surface area (Å²) < 4.78 is 6.04. The summed E-state index contributed by atoms with van der Waals surface area (Å²) in [5.41, 5.74) is 0.753. The van der Waals surface area contributed by atoms with E-state index in [-0.39, 0.29) is 35.4 Å². The van der Waals surface area contributed by atoms with E-state index in [1.54, 1.807) is 0 Å². The summed E-state index contributed by atoms with van der Waals surface area (Å²) >= 11 is 0. The van der Waals surface area contributed by atoms with Gasteiger partial charge in [0, 0.05) is 29.2 Å². The fourth-order valence-electron chi connectivity index (χ4n) is 4.55. The maximum absolute atomic E-state index is 13.5. The van der Waals surface area contributed by atoms with Gasteiger partial charge in [-0.05, 0) is 25.0 Å². The second-order valence-electron chi connectivity index (χ2n) is 9.06. The summed E-state index contributed by atoms with van der Waals surface area (Å²) in [4.78, 5) is 13.5. The molecule has 0 unspecified atom stereocenters. The van der Waals surface area contributed by atoms with E-state index in [1.165, 1.54) is 43.5 Å². The number of carbonyl (C=O) groups excluding carboxylic acids is 1. The van der Waals surface area contributed by atoms with Gasteiger partial charge in [0.1, 0.15) is 29.1 Å². The molecule has 0 saturated heterocycles. The summed E-state index contributed by atoms with van der Waals surface area (Å²) in [6.07, 6.45) is 6.86. The molecule has 0 aliphatic carbocycles. The lowest BCUT2D eigenvalue weighted by Gasteiger charge is -2.35. The molecule has 1 heterocycles. The zero-order valence-electron chi connectivity index (χ0n) is 19.3. The largest absolute Gasteiger partial charge is 0.508 e. The molecule has 2 aromatic carbocycles. The molecule has 5 N–H and O–H groups in total. The number of benzene rings is 2. The van der Waals surface area contributed by atoms with Gasteiger partial charge in [-0.15, -0.1) is 0 Å². The average Bonchev–Trinajstić information content (AvgIpc) is 2.78. The quantitative estimate of drug-likeness (QED) is 0.236. The smallest absolute Gasteiger partial charge is 0.200 e. The molecule has 0 fully saturated rings.